The van der Waals surface area contributed by atoms with Crippen molar-refractivity contribution in [2.45, 2.75) is 32.3 Å². The lowest BCUT2D eigenvalue weighted by atomic mass is 10.0. The van der Waals surface area contributed by atoms with Gasteiger partial charge in [0.2, 0.25) is 0 Å². The summed E-state index contributed by atoms with van der Waals surface area (Å²) < 4.78 is 5.45. The Morgan fingerprint density at radius 1 is 1.00 bits per heavy atom. The number of carboxylic acid groups (broad SMARTS) is 1. The first kappa shape index (κ1) is 19.4. The Balaban J connectivity index is 0.00000288. The fraction of sp³-hybridized carbons (Fsp3) is 0.263. The predicted octanol–water partition coefficient (Wildman–Crippen LogP) is 2.92. The van der Waals surface area contributed by atoms with Crippen molar-refractivity contribution in [2.75, 3.05) is 0 Å². The van der Waals surface area contributed by atoms with Crippen LogP contribution in [0.25, 0.3) is 0 Å². The Hall–Kier alpha value is -2.66. The zero-order valence-electron chi connectivity index (χ0n) is 13.8. The van der Waals surface area contributed by atoms with E-state index in [4.69, 9.17) is 9.84 Å². The number of ketones is 1. The maximum atomic E-state index is 12.1. The largest absolute Gasteiger partial charge is 0.478 e. The molecule has 0 fully saturated rings. The van der Waals surface area contributed by atoms with Gasteiger partial charge in [0.15, 0.2) is 11.4 Å². The van der Waals surface area contributed by atoms with Crippen molar-refractivity contribution in [1.29, 1.82) is 0 Å². The number of Topliss-reactive ketones (excluding diaryl/α,β-unsaturated/α-hetero) is 1. The number of benzene rings is 2. The van der Waals surface area contributed by atoms with Crippen molar-refractivity contribution in [3.05, 3.63) is 65.7 Å². The van der Waals surface area contributed by atoms with E-state index >= 15 is 0 Å². The summed E-state index contributed by atoms with van der Waals surface area (Å²) in [4.78, 5) is 23.1. The molecule has 0 radical (unpaired) electrons. The molecule has 0 saturated heterocycles. The van der Waals surface area contributed by atoms with Gasteiger partial charge in [0.05, 0.1) is 0 Å². The minimum absolute atomic E-state index is 0. The fourth-order valence-electron chi connectivity index (χ4n) is 2.09. The number of hydrogen-bond donors (Lipinski definition) is 1. The first-order valence-corrected chi connectivity index (χ1v) is 7.48. The van der Waals surface area contributed by atoms with Gasteiger partial charge in [0, 0.05) is 12.0 Å². The second kappa shape index (κ2) is 8.26. The smallest absolute Gasteiger partial charge is 0.347 e. The summed E-state index contributed by atoms with van der Waals surface area (Å²) in [5.41, 5.74) is 0.454. The van der Waals surface area contributed by atoms with Crippen molar-refractivity contribution in [2.24, 2.45) is 0 Å². The lowest BCUT2D eigenvalue weighted by molar-refractivity contribution is -0.152. The fourth-order valence-corrected chi connectivity index (χ4v) is 2.09. The Morgan fingerprint density at radius 3 is 2.12 bits per heavy atom. The van der Waals surface area contributed by atoms with E-state index in [0.717, 1.165) is 11.1 Å². The van der Waals surface area contributed by atoms with Gasteiger partial charge in [-0.05, 0) is 38.0 Å². The molecular weight excluding hydrogens is 308 g/mol. The van der Waals surface area contributed by atoms with Crippen LogP contribution in [0.15, 0.2) is 54.6 Å². The van der Waals surface area contributed by atoms with Crippen LogP contribution in [0.3, 0.4) is 0 Å². The lowest BCUT2D eigenvalue weighted by Gasteiger charge is -2.21. The number of carbonyl (C=O) groups is 2. The van der Waals surface area contributed by atoms with Gasteiger partial charge in [-0.3, -0.25) is 4.79 Å². The zero-order chi connectivity index (χ0) is 16.9. The topological polar surface area (TPSA) is 95.1 Å². The van der Waals surface area contributed by atoms with Gasteiger partial charge in [-0.25, -0.2) is 4.79 Å². The molecule has 2 aromatic carbocycles. The molecule has 2 aromatic rings. The third-order valence-corrected chi connectivity index (χ3v) is 3.55. The van der Waals surface area contributed by atoms with Crippen molar-refractivity contribution >= 4 is 11.8 Å². The second-order valence-electron chi connectivity index (χ2n) is 5.85. The van der Waals surface area contributed by atoms with Gasteiger partial charge >= 0.3 is 5.97 Å². The van der Waals surface area contributed by atoms with Gasteiger partial charge in [0.25, 0.3) is 0 Å². The highest BCUT2D eigenvalue weighted by Gasteiger charge is 2.29. The first-order valence-electron chi connectivity index (χ1n) is 7.48. The van der Waals surface area contributed by atoms with Gasteiger partial charge in [-0.2, -0.15) is 0 Å². The van der Waals surface area contributed by atoms with Crippen LogP contribution in [0, 0.1) is 0 Å². The van der Waals surface area contributed by atoms with Crippen LogP contribution in [0.5, 0.6) is 5.75 Å². The number of rotatable bonds is 7. The van der Waals surface area contributed by atoms with Crippen molar-refractivity contribution < 1.29 is 24.9 Å². The minimum Gasteiger partial charge on any atom is -0.478 e. The predicted molar refractivity (Wildman–Crippen MR) is 91.5 cm³/mol. The molecule has 0 saturated carbocycles. The van der Waals surface area contributed by atoms with E-state index in [1.807, 2.05) is 42.5 Å². The van der Waals surface area contributed by atoms with E-state index in [2.05, 4.69) is 0 Å². The quantitative estimate of drug-likeness (QED) is 0.790. The molecule has 0 aliphatic carbocycles. The van der Waals surface area contributed by atoms with E-state index in [9.17, 15) is 9.59 Å². The highest BCUT2D eigenvalue weighted by atomic mass is 16.5. The number of carbonyl (C=O) groups excluding carboxylic acids is 1. The SMILES string of the molecule is CC(C)(Oc1ccc(CCC(=O)c2ccccc2)cc1)C(=O)O.O. The summed E-state index contributed by atoms with van der Waals surface area (Å²) in [6.07, 6.45) is 1.07. The van der Waals surface area contributed by atoms with E-state index < -0.39 is 11.6 Å². The van der Waals surface area contributed by atoms with Crippen LogP contribution in [-0.4, -0.2) is 27.9 Å². The molecule has 5 nitrogen and oxygen atoms in total. The van der Waals surface area contributed by atoms with E-state index in [1.54, 1.807) is 12.1 Å². The van der Waals surface area contributed by atoms with Crippen molar-refractivity contribution in [3.8, 4) is 5.75 Å². The third-order valence-electron chi connectivity index (χ3n) is 3.55. The summed E-state index contributed by atoms with van der Waals surface area (Å²) in [6.45, 7) is 3.00. The molecular formula is C19H22O5. The van der Waals surface area contributed by atoms with E-state index in [-0.39, 0.29) is 11.3 Å². The Bertz CT molecular complexity index is 675. The highest BCUT2D eigenvalue weighted by Crippen LogP contribution is 2.20. The zero-order valence-corrected chi connectivity index (χ0v) is 13.8. The van der Waals surface area contributed by atoms with Gasteiger partial charge in [0.1, 0.15) is 5.75 Å². The van der Waals surface area contributed by atoms with Crippen LogP contribution in [0.1, 0.15) is 36.2 Å². The van der Waals surface area contributed by atoms with Crippen LogP contribution < -0.4 is 4.74 Å². The molecule has 0 heterocycles. The van der Waals surface area contributed by atoms with Crippen molar-refractivity contribution in [1.82, 2.24) is 0 Å². The number of ether oxygens (including phenoxy) is 1. The normalized spacial score (nSPS) is 10.6. The van der Waals surface area contributed by atoms with Crippen LogP contribution >= 0.6 is 0 Å². The summed E-state index contributed by atoms with van der Waals surface area (Å²) in [7, 11) is 0. The molecule has 0 amide bonds. The second-order valence-corrected chi connectivity index (χ2v) is 5.85. The molecule has 3 N–H and O–H groups in total. The number of aryl methyl sites for hydroxylation is 1. The maximum absolute atomic E-state index is 12.1. The van der Waals surface area contributed by atoms with Crippen LogP contribution in [0.4, 0.5) is 0 Å². The third kappa shape index (κ3) is 5.21. The average molecular weight is 330 g/mol. The van der Waals surface area contributed by atoms with Gasteiger partial charge < -0.3 is 15.3 Å². The Morgan fingerprint density at radius 2 is 1.58 bits per heavy atom. The maximum Gasteiger partial charge on any atom is 0.347 e. The van der Waals surface area contributed by atoms with E-state index in [1.165, 1.54) is 13.8 Å². The monoisotopic (exact) mass is 330 g/mol. The van der Waals surface area contributed by atoms with Crippen molar-refractivity contribution in [3.63, 3.8) is 0 Å². The highest BCUT2D eigenvalue weighted by molar-refractivity contribution is 5.96. The standard InChI is InChI=1S/C19H20O4.H2O/c1-19(2,18(21)22)23-16-11-8-14(9-12-16)10-13-17(20)15-6-4-3-5-7-15;/h3-9,11-12H,10,13H2,1-2H3,(H,21,22);1H2. The molecule has 0 aliphatic heterocycles. The molecule has 0 atom stereocenters. The molecule has 0 bridgehead atoms. The molecule has 24 heavy (non-hydrogen) atoms. The molecule has 0 aromatic heterocycles. The van der Waals surface area contributed by atoms with Gasteiger partial charge in [-0.15, -0.1) is 0 Å². The summed E-state index contributed by atoms with van der Waals surface area (Å²) in [5.74, 6) is -0.413. The van der Waals surface area contributed by atoms with Crippen LogP contribution in [0.2, 0.25) is 0 Å². The molecule has 5 heteroatoms. The van der Waals surface area contributed by atoms with E-state index in [0.29, 0.717) is 18.6 Å². The Kier molecular flexibility index (Phi) is 6.68. The first-order chi connectivity index (χ1) is 10.9. The van der Waals surface area contributed by atoms with Gasteiger partial charge in [-0.1, -0.05) is 42.5 Å². The summed E-state index contributed by atoms with van der Waals surface area (Å²) in [5, 5.41) is 9.05. The molecule has 0 aliphatic rings. The lowest BCUT2D eigenvalue weighted by Crippen LogP contribution is -2.37. The molecule has 0 spiro atoms. The number of hydrogen-bond acceptors (Lipinski definition) is 3. The molecule has 0 unspecified atom stereocenters. The Labute approximate surface area is 141 Å². The summed E-state index contributed by atoms with van der Waals surface area (Å²) in [6, 6.07) is 16.4. The molecule has 128 valence electrons. The number of aliphatic carboxylic acids is 1. The minimum atomic E-state index is -1.27. The molecule has 2 rings (SSSR count). The average Bonchev–Trinajstić information content (AvgIpc) is 2.54. The van der Waals surface area contributed by atoms with Crippen LogP contribution in [-0.2, 0) is 11.2 Å². The number of carboxylic acids is 1. The summed E-state index contributed by atoms with van der Waals surface area (Å²) >= 11 is 0.